The Hall–Kier alpha value is -0.0200. The molecule has 0 bridgehead atoms. The van der Waals surface area contributed by atoms with Crippen LogP contribution in [0.5, 0.6) is 0 Å². The Balaban J connectivity index is 3.09. The van der Waals surface area contributed by atoms with E-state index in [-0.39, 0.29) is 11.7 Å². The van der Waals surface area contributed by atoms with Gasteiger partial charge in [-0.15, -0.1) is 0 Å². The van der Waals surface area contributed by atoms with Gasteiger partial charge in [-0.3, -0.25) is 4.79 Å². The van der Waals surface area contributed by atoms with Crippen LogP contribution in [0.2, 0.25) is 0 Å². The van der Waals surface area contributed by atoms with Crippen LogP contribution < -0.4 is 0 Å². The van der Waals surface area contributed by atoms with Gasteiger partial charge in [-0.05, 0) is 19.3 Å². The van der Waals surface area contributed by atoms with Crippen LogP contribution in [0.3, 0.4) is 0 Å². The Morgan fingerprint density at radius 2 is 2.18 bits per heavy atom. The summed E-state index contributed by atoms with van der Waals surface area (Å²) >= 11 is 1.41. The van der Waals surface area contributed by atoms with Crippen LogP contribution in [0.1, 0.15) is 32.6 Å². The molecule has 2 nitrogen and oxygen atoms in total. The Bertz CT molecular complexity index is 104. The number of carbonyl (C=O) groups excluding carboxylic acids is 1. The van der Waals surface area contributed by atoms with E-state index in [1.807, 2.05) is 0 Å². The number of unbranched alkanes of at least 4 members (excludes halogenated alkanes) is 1. The average Bonchev–Trinajstić information content (AvgIpc) is 2.01. The van der Waals surface area contributed by atoms with Gasteiger partial charge in [0, 0.05) is 18.8 Å². The molecule has 0 aromatic carbocycles. The molecule has 0 saturated carbocycles. The molecule has 0 spiro atoms. The highest BCUT2D eigenvalue weighted by Gasteiger charge is 1.99. The zero-order valence-electron chi connectivity index (χ0n) is 7.01. The van der Waals surface area contributed by atoms with Crippen LogP contribution >= 0.6 is 11.8 Å². The summed E-state index contributed by atoms with van der Waals surface area (Å²) in [5.41, 5.74) is 0. The quantitative estimate of drug-likeness (QED) is 0.627. The fourth-order valence-corrected chi connectivity index (χ4v) is 1.39. The minimum atomic E-state index is 0.200. The molecule has 0 aromatic rings. The largest absolute Gasteiger partial charge is 0.396 e. The van der Waals surface area contributed by atoms with Gasteiger partial charge in [-0.2, -0.15) is 0 Å². The van der Waals surface area contributed by atoms with Gasteiger partial charge < -0.3 is 5.11 Å². The van der Waals surface area contributed by atoms with Crippen molar-refractivity contribution in [3.63, 3.8) is 0 Å². The van der Waals surface area contributed by atoms with E-state index >= 15 is 0 Å². The molecule has 0 aliphatic heterocycles. The first-order chi connectivity index (χ1) is 5.31. The molecule has 0 rings (SSSR count). The smallest absolute Gasteiger partial charge is 0.188 e. The predicted molar refractivity (Wildman–Crippen MR) is 48.7 cm³/mol. The van der Waals surface area contributed by atoms with Crippen LogP contribution in [0, 0.1) is 0 Å². The molecule has 1 N–H and O–H groups in total. The van der Waals surface area contributed by atoms with E-state index in [0.29, 0.717) is 6.42 Å². The average molecular weight is 176 g/mol. The molecule has 0 aliphatic rings. The monoisotopic (exact) mass is 176 g/mol. The van der Waals surface area contributed by atoms with Gasteiger partial charge in [0.25, 0.3) is 0 Å². The summed E-state index contributed by atoms with van der Waals surface area (Å²) in [5, 5.41) is 8.70. The van der Waals surface area contributed by atoms with Gasteiger partial charge in [0.1, 0.15) is 0 Å². The van der Waals surface area contributed by atoms with Gasteiger partial charge in [0.05, 0.1) is 0 Å². The normalized spacial score (nSPS) is 10.0. The maximum absolute atomic E-state index is 11.0. The van der Waals surface area contributed by atoms with Gasteiger partial charge >= 0.3 is 0 Å². The van der Waals surface area contributed by atoms with E-state index in [4.69, 9.17) is 5.11 Å². The van der Waals surface area contributed by atoms with E-state index < -0.39 is 0 Å². The summed E-state index contributed by atoms with van der Waals surface area (Å²) in [4.78, 5) is 11.0. The van der Waals surface area contributed by atoms with Crippen molar-refractivity contribution in [1.82, 2.24) is 0 Å². The first kappa shape index (κ1) is 11.0. The third-order valence-corrected chi connectivity index (χ3v) is 2.39. The molecule has 0 fully saturated rings. The topological polar surface area (TPSA) is 37.3 Å². The van der Waals surface area contributed by atoms with E-state index in [1.54, 1.807) is 0 Å². The highest BCUT2D eigenvalue weighted by molar-refractivity contribution is 8.13. The summed E-state index contributed by atoms with van der Waals surface area (Å²) in [6, 6.07) is 0. The van der Waals surface area contributed by atoms with Crippen LogP contribution in [0.15, 0.2) is 0 Å². The van der Waals surface area contributed by atoms with Crippen LogP contribution in [-0.4, -0.2) is 22.6 Å². The summed E-state index contributed by atoms with van der Waals surface area (Å²) in [6.07, 6.45) is 3.24. The molecule has 3 heteroatoms. The number of hydrogen-bond acceptors (Lipinski definition) is 3. The molecule has 0 aromatic heterocycles. The second kappa shape index (κ2) is 8.08. The number of carbonyl (C=O) groups is 1. The Labute approximate surface area is 72.4 Å². The fourth-order valence-electron chi connectivity index (χ4n) is 0.669. The molecular formula is C8H16O2S. The molecular weight excluding hydrogens is 160 g/mol. The molecule has 0 radical (unpaired) electrons. The van der Waals surface area contributed by atoms with E-state index in [0.717, 1.165) is 25.0 Å². The Morgan fingerprint density at radius 1 is 1.45 bits per heavy atom. The summed E-state index contributed by atoms with van der Waals surface area (Å²) in [5.74, 6) is 0.929. The molecule has 0 amide bonds. The predicted octanol–water partition coefficient (Wildman–Crippen LogP) is 1.82. The van der Waals surface area contributed by atoms with E-state index in [9.17, 15) is 4.79 Å². The SMILES string of the molecule is CCCSC(=O)CCCCO. The van der Waals surface area contributed by atoms with Gasteiger partial charge in [0.2, 0.25) is 0 Å². The highest BCUT2D eigenvalue weighted by Crippen LogP contribution is 2.09. The summed E-state index contributed by atoms with van der Waals surface area (Å²) < 4.78 is 0. The Morgan fingerprint density at radius 3 is 2.73 bits per heavy atom. The molecule has 0 aliphatic carbocycles. The third-order valence-electron chi connectivity index (χ3n) is 1.26. The van der Waals surface area contributed by atoms with Gasteiger partial charge in [0.15, 0.2) is 5.12 Å². The minimum absolute atomic E-state index is 0.200. The molecule has 66 valence electrons. The van der Waals surface area contributed by atoms with Crippen molar-refractivity contribution in [2.45, 2.75) is 32.6 Å². The first-order valence-electron chi connectivity index (χ1n) is 4.07. The minimum Gasteiger partial charge on any atom is -0.396 e. The second-order valence-corrected chi connectivity index (χ2v) is 3.55. The van der Waals surface area contributed by atoms with Crippen LogP contribution in [-0.2, 0) is 4.79 Å². The lowest BCUT2D eigenvalue weighted by Gasteiger charge is -1.97. The molecule has 0 unspecified atom stereocenters. The van der Waals surface area contributed by atoms with Crippen LogP contribution in [0.25, 0.3) is 0 Å². The van der Waals surface area contributed by atoms with Gasteiger partial charge in [-0.25, -0.2) is 0 Å². The summed E-state index contributed by atoms with van der Waals surface area (Å²) in [6.45, 7) is 2.26. The van der Waals surface area contributed by atoms with Gasteiger partial charge in [-0.1, -0.05) is 18.7 Å². The van der Waals surface area contributed by atoms with Crippen LogP contribution in [0.4, 0.5) is 0 Å². The summed E-state index contributed by atoms with van der Waals surface area (Å²) in [7, 11) is 0. The fraction of sp³-hybridized carbons (Fsp3) is 0.875. The van der Waals surface area contributed by atoms with Crippen molar-refractivity contribution in [2.24, 2.45) is 0 Å². The number of aliphatic hydroxyl groups is 1. The van der Waals surface area contributed by atoms with Crippen molar-refractivity contribution >= 4 is 16.9 Å². The van der Waals surface area contributed by atoms with E-state index in [2.05, 4.69) is 6.92 Å². The highest BCUT2D eigenvalue weighted by atomic mass is 32.2. The lowest BCUT2D eigenvalue weighted by Crippen LogP contribution is -1.94. The maximum atomic E-state index is 11.0. The number of thioether (sulfide) groups is 1. The zero-order chi connectivity index (χ0) is 8.53. The molecule has 11 heavy (non-hydrogen) atoms. The van der Waals surface area contributed by atoms with Crippen molar-refractivity contribution in [2.75, 3.05) is 12.4 Å². The standard InChI is InChI=1S/C8H16O2S/c1-2-7-11-8(10)5-3-4-6-9/h9H,2-7H2,1H3. The van der Waals surface area contributed by atoms with Crippen molar-refractivity contribution in [3.05, 3.63) is 0 Å². The number of rotatable bonds is 6. The zero-order valence-corrected chi connectivity index (χ0v) is 7.82. The Kier molecular flexibility index (Phi) is 8.07. The number of hydrogen-bond donors (Lipinski definition) is 1. The second-order valence-electron chi connectivity index (χ2n) is 2.40. The third kappa shape index (κ3) is 7.88. The molecule has 0 heterocycles. The first-order valence-corrected chi connectivity index (χ1v) is 5.06. The molecule has 0 saturated heterocycles. The van der Waals surface area contributed by atoms with E-state index in [1.165, 1.54) is 11.8 Å². The molecule has 0 atom stereocenters. The van der Waals surface area contributed by atoms with Crippen molar-refractivity contribution < 1.29 is 9.90 Å². The van der Waals surface area contributed by atoms with Crippen molar-refractivity contribution in [1.29, 1.82) is 0 Å². The van der Waals surface area contributed by atoms with Crippen molar-refractivity contribution in [3.8, 4) is 0 Å². The maximum Gasteiger partial charge on any atom is 0.188 e. The lowest BCUT2D eigenvalue weighted by molar-refractivity contribution is -0.111. The number of aliphatic hydroxyl groups excluding tert-OH is 1. The lowest BCUT2D eigenvalue weighted by atomic mass is 10.3.